The molecule has 0 aliphatic heterocycles. The first-order valence-corrected chi connectivity index (χ1v) is 6.74. The van der Waals surface area contributed by atoms with Gasteiger partial charge in [-0.05, 0) is 35.9 Å². The molecule has 0 saturated heterocycles. The number of carbonyl (C=O) groups is 1. The molecule has 1 amide bonds. The van der Waals surface area contributed by atoms with Crippen LogP contribution in [0.3, 0.4) is 0 Å². The highest BCUT2D eigenvalue weighted by Gasteiger charge is 2.01. The van der Waals surface area contributed by atoms with Crippen LogP contribution in [0.4, 0.5) is 0 Å². The van der Waals surface area contributed by atoms with Gasteiger partial charge in [0.05, 0.1) is 6.26 Å². The fraction of sp³-hybridized carbons (Fsp3) is 0.0625. The lowest BCUT2D eigenvalue weighted by Gasteiger charge is -2.05. The number of rotatable bonds is 5. The van der Waals surface area contributed by atoms with Crippen molar-refractivity contribution in [1.82, 2.24) is 19.9 Å². The van der Waals surface area contributed by atoms with Gasteiger partial charge in [0.25, 0.3) is 0 Å². The summed E-state index contributed by atoms with van der Waals surface area (Å²) in [7, 11) is 0. The van der Waals surface area contributed by atoms with E-state index in [2.05, 4.69) is 15.3 Å². The molecule has 3 aromatic heterocycles. The van der Waals surface area contributed by atoms with E-state index < -0.39 is 0 Å². The van der Waals surface area contributed by atoms with E-state index in [1.807, 2.05) is 22.9 Å². The van der Waals surface area contributed by atoms with E-state index in [4.69, 9.17) is 4.42 Å². The summed E-state index contributed by atoms with van der Waals surface area (Å²) in [6.45, 7) is 0.422. The van der Waals surface area contributed by atoms with Crippen molar-refractivity contribution in [1.29, 1.82) is 0 Å². The maximum absolute atomic E-state index is 11.8. The minimum absolute atomic E-state index is 0.183. The number of hydrogen-bond donors (Lipinski definition) is 1. The summed E-state index contributed by atoms with van der Waals surface area (Å²) in [6, 6.07) is 7.31. The first-order chi connectivity index (χ1) is 10.8. The molecule has 6 nitrogen and oxygen atoms in total. The number of pyridine rings is 1. The van der Waals surface area contributed by atoms with Crippen molar-refractivity contribution in [3.8, 4) is 5.82 Å². The number of amides is 1. The number of imidazole rings is 1. The SMILES string of the molecule is O=C(C=Cc1ccco1)NCc1ccnc(-n2ccnc2)c1. The zero-order valence-electron chi connectivity index (χ0n) is 11.7. The minimum atomic E-state index is -0.183. The molecule has 110 valence electrons. The maximum Gasteiger partial charge on any atom is 0.244 e. The van der Waals surface area contributed by atoms with Gasteiger partial charge in [0.2, 0.25) is 5.91 Å². The van der Waals surface area contributed by atoms with Gasteiger partial charge >= 0.3 is 0 Å². The van der Waals surface area contributed by atoms with Gasteiger partial charge in [0, 0.05) is 31.2 Å². The van der Waals surface area contributed by atoms with Crippen molar-refractivity contribution in [2.45, 2.75) is 6.54 Å². The molecule has 0 atom stereocenters. The third-order valence-corrected chi connectivity index (χ3v) is 2.99. The molecule has 3 rings (SSSR count). The lowest BCUT2D eigenvalue weighted by atomic mass is 10.2. The first-order valence-electron chi connectivity index (χ1n) is 6.74. The highest BCUT2D eigenvalue weighted by Crippen LogP contribution is 2.07. The standard InChI is InChI=1S/C16H14N4O2/c21-16(4-3-14-2-1-9-22-14)19-11-13-5-6-18-15(10-13)20-8-7-17-12-20/h1-10,12H,11H2,(H,19,21). The van der Waals surface area contributed by atoms with Crippen LogP contribution in [0.15, 0.2) is 65.9 Å². The van der Waals surface area contributed by atoms with E-state index in [1.165, 1.54) is 6.08 Å². The van der Waals surface area contributed by atoms with E-state index in [-0.39, 0.29) is 5.91 Å². The molecule has 0 spiro atoms. The van der Waals surface area contributed by atoms with Gasteiger partial charge in [-0.1, -0.05) is 0 Å². The Morgan fingerprint density at radius 2 is 2.32 bits per heavy atom. The van der Waals surface area contributed by atoms with Gasteiger partial charge in [0.1, 0.15) is 17.9 Å². The molecule has 22 heavy (non-hydrogen) atoms. The summed E-state index contributed by atoms with van der Waals surface area (Å²) >= 11 is 0. The van der Waals surface area contributed by atoms with Crippen molar-refractivity contribution in [2.75, 3.05) is 0 Å². The predicted molar refractivity (Wildman–Crippen MR) is 80.9 cm³/mol. The van der Waals surface area contributed by atoms with Crippen LogP contribution in [0.1, 0.15) is 11.3 Å². The van der Waals surface area contributed by atoms with Crippen molar-refractivity contribution < 1.29 is 9.21 Å². The third-order valence-electron chi connectivity index (χ3n) is 2.99. The summed E-state index contributed by atoms with van der Waals surface area (Å²) in [5, 5.41) is 2.81. The van der Waals surface area contributed by atoms with Crippen molar-refractivity contribution >= 4 is 12.0 Å². The fourth-order valence-electron chi connectivity index (χ4n) is 1.90. The number of nitrogens with one attached hydrogen (secondary N) is 1. The summed E-state index contributed by atoms with van der Waals surface area (Å²) in [5.41, 5.74) is 0.957. The average Bonchev–Trinajstić information content (AvgIpc) is 3.24. The van der Waals surface area contributed by atoms with Crippen molar-refractivity contribution in [3.63, 3.8) is 0 Å². The summed E-state index contributed by atoms with van der Waals surface area (Å²) in [4.78, 5) is 20.0. The van der Waals surface area contributed by atoms with Gasteiger partial charge in [-0.3, -0.25) is 9.36 Å². The Morgan fingerprint density at radius 3 is 3.09 bits per heavy atom. The second-order valence-electron chi connectivity index (χ2n) is 4.56. The zero-order chi connectivity index (χ0) is 15.2. The van der Waals surface area contributed by atoms with Crippen LogP contribution in [0.25, 0.3) is 11.9 Å². The smallest absolute Gasteiger partial charge is 0.244 e. The second-order valence-corrected chi connectivity index (χ2v) is 4.56. The van der Waals surface area contributed by atoms with E-state index in [0.29, 0.717) is 12.3 Å². The minimum Gasteiger partial charge on any atom is -0.465 e. The number of aromatic nitrogens is 3. The molecular weight excluding hydrogens is 280 g/mol. The lowest BCUT2D eigenvalue weighted by Crippen LogP contribution is -2.20. The molecule has 0 unspecified atom stereocenters. The van der Waals surface area contributed by atoms with Crippen LogP contribution in [-0.2, 0) is 11.3 Å². The highest BCUT2D eigenvalue weighted by atomic mass is 16.3. The maximum atomic E-state index is 11.8. The van der Waals surface area contributed by atoms with Crippen LogP contribution in [0.5, 0.6) is 0 Å². The molecule has 1 N–H and O–H groups in total. The molecule has 0 fully saturated rings. The molecule has 0 aliphatic rings. The van der Waals surface area contributed by atoms with Crippen LogP contribution in [-0.4, -0.2) is 20.4 Å². The van der Waals surface area contributed by atoms with Gasteiger partial charge in [0.15, 0.2) is 0 Å². The lowest BCUT2D eigenvalue weighted by molar-refractivity contribution is -0.116. The van der Waals surface area contributed by atoms with Crippen molar-refractivity contribution in [3.05, 3.63) is 72.8 Å². The molecule has 0 bridgehead atoms. The highest BCUT2D eigenvalue weighted by molar-refractivity contribution is 5.91. The van der Waals surface area contributed by atoms with Gasteiger partial charge in [-0.2, -0.15) is 0 Å². The Bertz CT molecular complexity index is 761. The summed E-state index contributed by atoms with van der Waals surface area (Å²) < 4.78 is 6.93. The molecule has 0 aromatic carbocycles. The van der Waals surface area contributed by atoms with Gasteiger partial charge in [-0.25, -0.2) is 9.97 Å². The van der Waals surface area contributed by atoms with Gasteiger partial charge in [-0.15, -0.1) is 0 Å². The molecule has 0 aliphatic carbocycles. The Balaban J connectivity index is 1.59. The number of nitrogens with zero attached hydrogens (tertiary/aromatic N) is 3. The topological polar surface area (TPSA) is 73.0 Å². The van der Waals surface area contributed by atoms with Crippen LogP contribution >= 0.6 is 0 Å². The molecule has 6 heteroatoms. The Labute approximate surface area is 127 Å². The van der Waals surface area contributed by atoms with Crippen LogP contribution in [0, 0.1) is 0 Å². The molecular formula is C16H14N4O2. The predicted octanol–water partition coefficient (Wildman–Crippen LogP) is 2.19. The Kier molecular flexibility index (Phi) is 4.10. The van der Waals surface area contributed by atoms with E-state index in [9.17, 15) is 4.79 Å². The summed E-state index contributed by atoms with van der Waals surface area (Å²) in [6.07, 6.45) is 11.5. The fourth-order valence-corrected chi connectivity index (χ4v) is 1.90. The first kappa shape index (κ1) is 13.8. The molecule has 0 radical (unpaired) electrons. The monoisotopic (exact) mass is 294 g/mol. The van der Waals surface area contributed by atoms with E-state index in [0.717, 1.165) is 11.4 Å². The quantitative estimate of drug-likeness (QED) is 0.732. The Morgan fingerprint density at radius 1 is 1.36 bits per heavy atom. The Hall–Kier alpha value is -3.15. The zero-order valence-corrected chi connectivity index (χ0v) is 11.7. The molecule has 0 saturated carbocycles. The van der Waals surface area contributed by atoms with Crippen LogP contribution < -0.4 is 5.32 Å². The normalized spacial score (nSPS) is 10.9. The molecule has 3 aromatic rings. The molecule has 3 heterocycles. The van der Waals surface area contributed by atoms with Gasteiger partial charge < -0.3 is 9.73 Å². The third kappa shape index (κ3) is 3.49. The average molecular weight is 294 g/mol. The summed E-state index contributed by atoms with van der Waals surface area (Å²) in [5.74, 6) is 1.22. The number of carbonyl (C=O) groups excluding carboxylic acids is 1. The second kappa shape index (κ2) is 6.53. The van der Waals surface area contributed by atoms with Crippen LogP contribution in [0.2, 0.25) is 0 Å². The van der Waals surface area contributed by atoms with Crippen molar-refractivity contribution in [2.24, 2.45) is 0 Å². The number of hydrogen-bond acceptors (Lipinski definition) is 4. The number of furan rings is 1. The van der Waals surface area contributed by atoms with E-state index in [1.54, 1.807) is 43.2 Å². The largest absolute Gasteiger partial charge is 0.465 e. The van der Waals surface area contributed by atoms with E-state index >= 15 is 0 Å².